The summed E-state index contributed by atoms with van der Waals surface area (Å²) in [7, 11) is 0. The summed E-state index contributed by atoms with van der Waals surface area (Å²) in [6.07, 6.45) is 9.13. The summed E-state index contributed by atoms with van der Waals surface area (Å²) in [6, 6.07) is 0. The molecule has 4 heteroatoms. The van der Waals surface area contributed by atoms with E-state index in [4.69, 9.17) is 11.2 Å². The first-order chi connectivity index (χ1) is 8.76. The van der Waals surface area contributed by atoms with Gasteiger partial charge in [-0.25, -0.2) is 0 Å². The number of hydrogen-bond acceptors (Lipinski definition) is 4. The molecule has 2 saturated heterocycles. The molecule has 18 heavy (non-hydrogen) atoms. The van der Waals surface area contributed by atoms with E-state index < -0.39 is 0 Å². The molecule has 0 aromatic rings. The monoisotopic (exact) mass is 267 g/mol. The smallest absolute Gasteiger partial charge is 0.149 e. The molecule has 100 valence electrons. The molecular formula is C14H21NO2S. The van der Waals surface area contributed by atoms with Crippen LogP contribution in [0.15, 0.2) is 0 Å². The second kappa shape index (κ2) is 6.60. The standard InChI is InChI=1S/C14H21NO2S/c1-2-6-15-11-13(16)12-3-7-17-14(10-12)4-8-18-9-5-14/h1,12,15H,3-11H2. The van der Waals surface area contributed by atoms with Gasteiger partial charge < -0.3 is 4.74 Å². The Labute approximate surface area is 113 Å². The van der Waals surface area contributed by atoms with Gasteiger partial charge in [-0.3, -0.25) is 10.1 Å². The first kappa shape index (κ1) is 13.9. The van der Waals surface area contributed by atoms with Gasteiger partial charge >= 0.3 is 0 Å². The van der Waals surface area contributed by atoms with E-state index in [-0.39, 0.29) is 11.5 Å². The van der Waals surface area contributed by atoms with Gasteiger partial charge in [-0.1, -0.05) is 5.92 Å². The van der Waals surface area contributed by atoms with Crippen LogP contribution in [0.2, 0.25) is 0 Å². The van der Waals surface area contributed by atoms with E-state index in [9.17, 15) is 4.79 Å². The molecule has 0 aromatic heterocycles. The summed E-state index contributed by atoms with van der Waals surface area (Å²) >= 11 is 1.99. The van der Waals surface area contributed by atoms with Crippen molar-refractivity contribution in [1.82, 2.24) is 5.32 Å². The number of terminal acetylenes is 1. The quantitative estimate of drug-likeness (QED) is 0.618. The number of rotatable bonds is 4. The zero-order chi connectivity index (χ0) is 12.8. The predicted molar refractivity (Wildman–Crippen MR) is 74.7 cm³/mol. The van der Waals surface area contributed by atoms with E-state index in [1.165, 1.54) is 0 Å². The Kier molecular flexibility index (Phi) is 5.11. The van der Waals surface area contributed by atoms with Crippen LogP contribution in [-0.4, -0.2) is 42.6 Å². The van der Waals surface area contributed by atoms with Crippen LogP contribution >= 0.6 is 11.8 Å². The summed E-state index contributed by atoms with van der Waals surface area (Å²) in [5, 5.41) is 2.99. The van der Waals surface area contributed by atoms with E-state index >= 15 is 0 Å². The third-order valence-corrected chi connectivity index (χ3v) is 4.86. The number of carbonyl (C=O) groups excluding carboxylic acids is 1. The van der Waals surface area contributed by atoms with E-state index in [2.05, 4.69) is 11.2 Å². The number of ketones is 1. The second-order valence-corrected chi connectivity index (χ2v) is 6.33. The van der Waals surface area contributed by atoms with Crippen LogP contribution in [0.1, 0.15) is 25.7 Å². The molecule has 0 aromatic carbocycles. The highest BCUT2D eigenvalue weighted by Crippen LogP contribution is 2.39. The van der Waals surface area contributed by atoms with E-state index in [1.807, 2.05) is 11.8 Å². The predicted octanol–water partition coefficient (Wildman–Crippen LogP) is 1.47. The van der Waals surface area contributed by atoms with Crippen LogP contribution in [0.4, 0.5) is 0 Å². The zero-order valence-corrected chi connectivity index (χ0v) is 11.6. The lowest BCUT2D eigenvalue weighted by Crippen LogP contribution is -2.45. The van der Waals surface area contributed by atoms with Gasteiger partial charge in [0, 0.05) is 12.5 Å². The maximum atomic E-state index is 12.1. The number of Topliss-reactive ketones (excluding diaryl/α,β-unsaturated/α-hetero) is 1. The minimum absolute atomic E-state index is 0.00402. The average Bonchev–Trinajstić information content (AvgIpc) is 2.40. The van der Waals surface area contributed by atoms with Gasteiger partial charge in [-0.05, 0) is 37.2 Å². The van der Waals surface area contributed by atoms with Crippen molar-refractivity contribution in [3.8, 4) is 12.3 Å². The highest BCUT2D eigenvalue weighted by atomic mass is 32.2. The molecule has 2 rings (SSSR count). The zero-order valence-electron chi connectivity index (χ0n) is 10.7. The van der Waals surface area contributed by atoms with Gasteiger partial charge in [0.05, 0.1) is 18.7 Å². The second-order valence-electron chi connectivity index (χ2n) is 5.11. The molecule has 1 spiro atoms. The minimum Gasteiger partial charge on any atom is -0.375 e. The Hall–Kier alpha value is -0.500. The van der Waals surface area contributed by atoms with Gasteiger partial charge in [-0.2, -0.15) is 11.8 Å². The third-order valence-electron chi connectivity index (χ3n) is 3.88. The number of thioether (sulfide) groups is 1. The highest BCUT2D eigenvalue weighted by molar-refractivity contribution is 7.99. The lowest BCUT2D eigenvalue weighted by Gasteiger charge is -2.42. The molecular weight excluding hydrogens is 246 g/mol. The van der Waals surface area contributed by atoms with Crippen LogP contribution in [0.3, 0.4) is 0 Å². The number of ether oxygens (including phenoxy) is 1. The summed E-state index contributed by atoms with van der Waals surface area (Å²) in [6.45, 7) is 1.60. The molecule has 1 N–H and O–H groups in total. The fourth-order valence-corrected chi connectivity index (χ4v) is 4.03. The van der Waals surface area contributed by atoms with E-state index in [1.54, 1.807) is 0 Å². The molecule has 0 amide bonds. The van der Waals surface area contributed by atoms with Crippen molar-refractivity contribution < 1.29 is 9.53 Å². The van der Waals surface area contributed by atoms with Crippen LogP contribution in [0.5, 0.6) is 0 Å². The first-order valence-electron chi connectivity index (χ1n) is 6.64. The van der Waals surface area contributed by atoms with Crippen molar-refractivity contribution in [2.24, 2.45) is 5.92 Å². The van der Waals surface area contributed by atoms with Crippen molar-refractivity contribution in [3.05, 3.63) is 0 Å². The van der Waals surface area contributed by atoms with Gasteiger partial charge in [0.25, 0.3) is 0 Å². The van der Waals surface area contributed by atoms with Crippen LogP contribution in [0, 0.1) is 18.3 Å². The number of hydrogen-bond donors (Lipinski definition) is 1. The lowest BCUT2D eigenvalue weighted by atomic mass is 9.80. The molecule has 2 aliphatic heterocycles. The minimum atomic E-state index is -0.00402. The Balaban J connectivity index is 1.86. The molecule has 0 radical (unpaired) electrons. The van der Waals surface area contributed by atoms with Crippen LogP contribution in [-0.2, 0) is 9.53 Å². The topological polar surface area (TPSA) is 38.3 Å². The summed E-state index contributed by atoms with van der Waals surface area (Å²) in [5.41, 5.74) is -0.00402. The van der Waals surface area contributed by atoms with Crippen molar-refractivity contribution >= 4 is 17.5 Å². The van der Waals surface area contributed by atoms with Crippen molar-refractivity contribution in [1.29, 1.82) is 0 Å². The van der Waals surface area contributed by atoms with E-state index in [0.29, 0.717) is 18.9 Å². The van der Waals surface area contributed by atoms with Gasteiger partial charge in [-0.15, -0.1) is 6.42 Å². The Bertz CT molecular complexity index is 326. The fraction of sp³-hybridized carbons (Fsp3) is 0.786. The van der Waals surface area contributed by atoms with Gasteiger partial charge in [0.2, 0.25) is 0 Å². The van der Waals surface area contributed by atoms with Gasteiger partial charge in [0.15, 0.2) is 0 Å². The summed E-state index contributed by atoms with van der Waals surface area (Å²) in [4.78, 5) is 12.1. The van der Waals surface area contributed by atoms with Crippen LogP contribution in [0.25, 0.3) is 0 Å². The number of nitrogens with one attached hydrogen (secondary N) is 1. The Morgan fingerprint density at radius 2 is 2.28 bits per heavy atom. The molecule has 1 unspecified atom stereocenters. The first-order valence-corrected chi connectivity index (χ1v) is 7.80. The SMILES string of the molecule is C#CCNCC(=O)C1CCOC2(CCSCC2)C1. The third kappa shape index (κ3) is 3.50. The Morgan fingerprint density at radius 1 is 1.50 bits per heavy atom. The lowest BCUT2D eigenvalue weighted by molar-refractivity contribution is -0.137. The van der Waals surface area contributed by atoms with E-state index in [0.717, 1.165) is 43.8 Å². The number of carbonyl (C=O) groups is 1. The molecule has 3 nitrogen and oxygen atoms in total. The largest absolute Gasteiger partial charge is 0.375 e. The van der Waals surface area contributed by atoms with Crippen molar-refractivity contribution in [3.63, 3.8) is 0 Å². The Morgan fingerprint density at radius 3 is 3.00 bits per heavy atom. The fourth-order valence-electron chi connectivity index (χ4n) is 2.80. The molecule has 0 aliphatic carbocycles. The summed E-state index contributed by atoms with van der Waals surface area (Å²) < 4.78 is 5.99. The van der Waals surface area contributed by atoms with Crippen LogP contribution < -0.4 is 5.32 Å². The molecule has 1 atom stereocenters. The highest BCUT2D eigenvalue weighted by Gasteiger charge is 2.40. The maximum absolute atomic E-state index is 12.1. The van der Waals surface area contributed by atoms with Crippen molar-refractivity contribution in [2.75, 3.05) is 31.2 Å². The summed E-state index contributed by atoms with van der Waals surface area (Å²) in [5.74, 6) is 5.27. The normalized spacial score (nSPS) is 26.7. The van der Waals surface area contributed by atoms with Crippen molar-refractivity contribution in [2.45, 2.75) is 31.3 Å². The molecule has 2 fully saturated rings. The van der Waals surface area contributed by atoms with Gasteiger partial charge in [0.1, 0.15) is 5.78 Å². The maximum Gasteiger partial charge on any atom is 0.149 e. The molecule has 2 aliphatic rings. The molecule has 0 saturated carbocycles. The average molecular weight is 267 g/mol. The molecule has 0 bridgehead atoms. The molecule has 2 heterocycles.